The predicted molar refractivity (Wildman–Crippen MR) is 99.2 cm³/mol. The molecular formula is C14H14N6O8. The zero-order chi connectivity index (χ0) is 21.5. The summed E-state index contributed by atoms with van der Waals surface area (Å²) in [6, 6.07) is 1.30. The molecule has 0 unspecified atom stereocenters. The predicted octanol–water partition coefficient (Wildman–Crippen LogP) is 2.60. The van der Waals surface area contributed by atoms with Crippen LogP contribution in [0.25, 0.3) is 10.8 Å². The molecule has 0 bridgehead atoms. The van der Waals surface area contributed by atoms with E-state index in [2.05, 4.69) is 0 Å². The quantitative estimate of drug-likeness (QED) is 0.522. The van der Waals surface area contributed by atoms with Gasteiger partial charge in [-0.2, -0.15) is 0 Å². The lowest BCUT2D eigenvalue weighted by molar-refractivity contribution is -0.395. The Labute approximate surface area is 156 Å². The van der Waals surface area contributed by atoms with Crippen molar-refractivity contribution < 1.29 is 19.7 Å². The maximum Gasteiger partial charge on any atom is 0.300 e. The molecule has 0 aliphatic heterocycles. The number of benzene rings is 2. The molecule has 0 saturated heterocycles. The number of nitro groups is 4. The standard InChI is InChI=1S/C14H14N6O8/c1-15(2)13-9(19(25)26)5-8(18(23)24)12-11(13)7(17(21)22)6-10(20(27)28)14(12)16(3)4/h5-6H,1-4H3. The van der Waals surface area contributed by atoms with Crippen LogP contribution in [-0.4, -0.2) is 47.9 Å². The zero-order valence-electron chi connectivity index (χ0n) is 15.1. The number of rotatable bonds is 6. The molecule has 0 aliphatic carbocycles. The molecule has 0 spiro atoms. The molecule has 0 aliphatic rings. The summed E-state index contributed by atoms with van der Waals surface area (Å²) in [6.45, 7) is 0. The van der Waals surface area contributed by atoms with Crippen LogP contribution >= 0.6 is 0 Å². The van der Waals surface area contributed by atoms with Gasteiger partial charge in [0.15, 0.2) is 0 Å². The van der Waals surface area contributed by atoms with Crippen LogP contribution < -0.4 is 9.80 Å². The molecule has 2 aromatic rings. The number of nitro benzene ring substituents is 4. The minimum Gasteiger partial charge on any atom is -0.371 e. The number of hydrogen-bond donors (Lipinski definition) is 0. The lowest BCUT2D eigenvalue weighted by Gasteiger charge is -2.20. The van der Waals surface area contributed by atoms with Crippen LogP contribution in [-0.2, 0) is 0 Å². The lowest BCUT2D eigenvalue weighted by Crippen LogP contribution is -2.16. The molecular weight excluding hydrogens is 380 g/mol. The first kappa shape index (κ1) is 20.2. The third kappa shape index (κ3) is 3.06. The van der Waals surface area contributed by atoms with E-state index in [9.17, 15) is 40.5 Å². The van der Waals surface area contributed by atoms with Gasteiger partial charge in [0, 0.05) is 28.2 Å². The van der Waals surface area contributed by atoms with Gasteiger partial charge in [-0.25, -0.2) is 0 Å². The van der Waals surface area contributed by atoms with Gasteiger partial charge >= 0.3 is 0 Å². The van der Waals surface area contributed by atoms with Gasteiger partial charge in [-0.1, -0.05) is 0 Å². The van der Waals surface area contributed by atoms with E-state index in [1.165, 1.54) is 38.0 Å². The highest BCUT2D eigenvalue weighted by Crippen LogP contribution is 2.51. The molecule has 28 heavy (non-hydrogen) atoms. The summed E-state index contributed by atoms with van der Waals surface area (Å²) in [4.78, 5) is 44.9. The second-order valence-electron chi connectivity index (χ2n) is 6.09. The Morgan fingerprint density at radius 1 is 0.571 bits per heavy atom. The topological polar surface area (TPSA) is 179 Å². The fraction of sp³-hybridized carbons (Fsp3) is 0.286. The maximum absolute atomic E-state index is 11.6. The Morgan fingerprint density at radius 2 is 0.821 bits per heavy atom. The van der Waals surface area contributed by atoms with Gasteiger partial charge in [0.05, 0.1) is 42.6 Å². The van der Waals surface area contributed by atoms with E-state index in [4.69, 9.17) is 0 Å². The number of hydrogen-bond acceptors (Lipinski definition) is 10. The van der Waals surface area contributed by atoms with Crippen LogP contribution in [0.15, 0.2) is 12.1 Å². The van der Waals surface area contributed by atoms with Crippen molar-refractivity contribution in [1.29, 1.82) is 0 Å². The number of nitrogens with zero attached hydrogens (tertiary/aromatic N) is 6. The SMILES string of the molecule is CN(C)c1c([N+](=O)[O-])cc([N+](=O)[O-])c2c(N(C)C)c([N+](=O)[O-])cc([N+](=O)[O-])c12. The van der Waals surface area contributed by atoms with Crippen molar-refractivity contribution in [2.24, 2.45) is 0 Å². The Bertz CT molecular complexity index is 965. The summed E-state index contributed by atoms with van der Waals surface area (Å²) in [5.74, 6) is 0. The monoisotopic (exact) mass is 394 g/mol. The van der Waals surface area contributed by atoms with E-state index in [-0.39, 0.29) is 11.4 Å². The third-order valence-electron chi connectivity index (χ3n) is 3.95. The van der Waals surface area contributed by atoms with Crippen LogP contribution in [0.2, 0.25) is 0 Å². The van der Waals surface area contributed by atoms with Crippen molar-refractivity contribution in [1.82, 2.24) is 0 Å². The van der Waals surface area contributed by atoms with Crippen LogP contribution in [0, 0.1) is 40.5 Å². The van der Waals surface area contributed by atoms with E-state index >= 15 is 0 Å². The van der Waals surface area contributed by atoms with Crippen LogP contribution in [0.4, 0.5) is 34.1 Å². The number of fused-ring (bicyclic) bond motifs is 1. The molecule has 0 N–H and O–H groups in total. The average molecular weight is 394 g/mol. The van der Waals surface area contributed by atoms with Crippen molar-refractivity contribution in [2.75, 3.05) is 38.0 Å². The van der Waals surface area contributed by atoms with E-state index in [0.29, 0.717) is 12.1 Å². The van der Waals surface area contributed by atoms with E-state index in [1.54, 1.807) is 0 Å². The first-order chi connectivity index (χ1) is 12.9. The maximum atomic E-state index is 11.6. The van der Waals surface area contributed by atoms with Crippen molar-refractivity contribution >= 4 is 44.9 Å². The highest BCUT2D eigenvalue weighted by molar-refractivity contribution is 6.16. The number of anilines is 2. The van der Waals surface area contributed by atoms with Crippen molar-refractivity contribution in [3.63, 3.8) is 0 Å². The number of non-ortho nitro benzene ring substituents is 2. The van der Waals surface area contributed by atoms with Gasteiger partial charge in [0.1, 0.15) is 11.4 Å². The molecule has 0 saturated carbocycles. The second kappa shape index (κ2) is 6.90. The molecule has 0 aromatic heterocycles. The van der Waals surface area contributed by atoms with E-state index < -0.39 is 53.2 Å². The third-order valence-corrected chi connectivity index (χ3v) is 3.95. The first-order valence-electron chi connectivity index (χ1n) is 7.50. The Kier molecular flexibility index (Phi) is 4.98. The molecule has 0 heterocycles. The molecule has 2 rings (SSSR count). The molecule has 2 aromatic carbocycles. The molecule has 0 atom stereocenters. The average Bonchev–Trinajstić information content (AvgIpc) is 2.57. The van der Waals surface area contributed by atoms with Gasteiger partial charge in [-0.3, -0.25) is 40.5 Å². The van der Waals surface area contributed by atoms with Gasteiger partial charge in [-0.15, -0.1) is 0 Å². The minimum atomic E-state index is -0.963. The Balaban J connectivity index is 3.41. The molecule has 148 valence electrons. The molecule has 0 amide bonds. The fourth-order valence-electron chi connectivity index (χ4n) is 3.00. The summed E-state index contributed by atoms with van der Waals surface area (Å²) in [7, 11) is 5.48. The Morgan fingerprint density at radius 3 is 1.00 bits per heavy atom. The summed E-state index contributed by atoms with van der Waals surface area (Å²) in [5, 5.41) is 45.4. The van der Waals surface area contributed by atoms with Crippen molar-refractivity contribution in [2.45, 2.75) is 0 Å². The molecule has 0 fully saturated rings. The Hall–Kier alpha value is -4.10. The van der Waals surface area contributed by atoms with Crippen LogP contribution in [0.1, 0.15) is 0 Å². The van der Waals surface area contributed by atoms with Gasteiger partial charge in [0.2, 0.25) is 0 Å². The highest BCUT2D eigenvalue weighted by atomic mass is 16.6. The molecule has 0 radical (unpaired) electrons. The summed E-state index contributed by atoms with van der Waals surface area (Å²) >= 11 is 0. The van der Waals surface area contributed by atoms with Gasteiger partial charge in [0.25, 0.3) is 22.7 Å². The van der Waals surface area contributed by atoms with Crippen LogP contribution in [0.3, 0.4) is 0 Å². The highest BCUT2D eigenvalue weighted by Gasteiger charge is 2.38. The van der Waals surface area contributed by atoms with E-state index in [1.807, 2.05) is 0 Å². The van der Waals surface area contributed by atoms with Crippen molar-refractivity contribution in [3.05, 3.63) is 52.6 Å². The normalized spacial score (nSPS) is 10.6. The minimum absolute atomic E-state index is 0.268. The van der Waals surface area contributed by atoms with Crippen molar-refractivity contribution in [3.8, 4) is 0 Å². The lowest BCUT2D eigenvalue weighted by atomic mass is 9.99. The smallest absolute Gasteiger partial charge is 0.300 e. The second-order valence-corrected chi connectivity index (χ2v) is 6.09. The molecule has 14 nitrogen and oxygen atoms in total. The van der Waals surface area contributed by atoms with Crippen LogP contribution in [0.5, 0.6) is 0 Å². The van der Waals surface area contributed by atoms with Gasteiger partial charge in [-0.05, 0) is 0 Å². The van der Waals surface area contributed by atoms with Gasteiger partial charge < -0.3 is 9.80 Å². The molecule has 14 heteroatoms. The summed E-state index contributed by atoms with van der Waals surface area (Å²) in [6.07, 6.45) is 0. The zero-order valence-corrected chi connectivity index (χ0v) is 15.1. The summed E-state index contributed by atoms with van der Waals surface area (Å²) < 4.78 is 0. The fourth-order valence-corrected chi connectivity index (χ4v) is 3.00. The first-order valence-corrected chi connectivity index (χ1v) is 7.50. The summed E-state index contributed by atoms with van der Waals surface area (Å²) in [5.41, 5.74) is -3.69. The van der Waals surface area contributed by atoms with E-state index in [0.717, 1.165) is 0 Å². The largest absolute Gasteiger partial charge is 0.371 e.